The first-order chi connectivity index (χ1) is 11.5. The molecule has 2 fully saturated rings. The van der Waals surface area contributed by atoms with E-state index >= 15 is 0 Å². The highest BCUT2D eigenvalue weighted by Gasteiger charge is 2.34. The molecular weight excluding hydrogens is 304 g/mol. The lowest BCUT2D eigenvalue weighted by Gasteiger charge is -2.28. The van der Waals surface area contributed by atoms with Crippen LogP contribution in [0.1, 0.15) is 55.7 Å². The molecule has 2 amide bonds. The second kappa shape index (κ2) is 7.24. The predicted octanol–water partition coefficient (Wildman–Crippen LogP) is 3.39. The van der Waals surface area contributed by atoms with E-state index in [9.17, 15) is 9.59 Å². The zero-order chi connectivity index (χ0) is 17.1. The first kappa shape index (κ1) is 16.8. The Morgan fingerprint density at radius 3 is 2.33 bits per heavy atom. The van der Waals surface area contributed by atoms with Gasteiger partial charge in [-0.25, -0.2) is 4.79 Å². The number of carbonyl (C=O) groups is 2. The van der Waals surface area contributed by atoms with E-state index in [0.717, 1.165) is 25.7 Å². The van der Waals surface area contributed by atoms with Gasteiger partial charge >= 0.3 is 12.0 Å². The molecule has 3 N–H and O–H groups in total. The Morgan fingerprint density at radius 2 is 1.75 bits per heavy atom. The maximum atomic E-state index is 12.4. The standard InChI is InChI=1S/C19H26N2O3/c1-12-4-2-3-5-16(12)17(13-6-7-13)21-19(24)20-15-10-8-14(9-11-15)18(22)23/h2-5,13-15,17H,6-11H2,1H3,(H,22,23)(H2,20,21,24). The number of nitrogens with one attached hydrogen (secondary N) is 2. The van der Waals surface area contributed by atoms with Gasteiger partial charge in [0.15, 0.2) is 0 Å². The summed E-state index contributed by atoms with van der Waals surface area (Å²) in [6, 6.07) is 8.23. The molecule has 24 heavy (non-hydrogen) atoms. The molecule has 1 aromatic rings. The fourth-order valence-corrected chi connectivity index (χ4v) is 3.67. The van der Waals surface area contributed by atoms with Gasteiger partial charge in [-0.1, -0.05) is 24.3 Å². The van der Waals surface area contributed by atoms with Gasteiger partial charge in [-0.3, -0.25) is 4.79 Å². The van der Waals surface area contributed by atoms with Crippen molar-refractivity contribution < 1.29 is 14.7 Å². The van der Waals surface area contributed by atoms with E-state index in [-0.39, 0.29) is 24.0 Å². The molecule has 2 aliphatic carbocycles. The first-order valence-corrected chi connectivity index (χ1v) is 8.90. The van der Waals surface area contributed by atoms with Crippen LogP contribution in [0.4, 0.5) is 4.79 Å². The third-order valence-corrected chi connectivity index (χ3v) is 5.32. The van der Waals surface area contributed by atoms with E-state index in [1.54, 1.807) is 0 Å². The van der Waals surface area contributed by atoms with Crippen LogP contribution in [0.15, 0.2) is 24.3 Å². The summed E-state index contributed by atoms with van der Waals surface area (Å²) in [6.45, 7) is 2.08. The molecule has 5 nitrogen and oxygen atoms in total. The van der Waals surface area contributed by atoms with Gasteiger partial charge in [0.05, 0.1) is 12.0 Å². The summed E-state index contributed by atoms with van der Waals surface area (Å²) < 4.78 is 0. The number of rotatable bonds is 5. The van der Waals surface area contributed by atoms with Crippen molar-refractivity contribution in [1.29, 1.82) is 0 Å². The summed E-state index contributed by atoms with van der Waals surface area (Å²) in [7, 11) is 0. The summed E-state index contributed by atoms with van der Waals surface area (Å²) in [5.74, 6) is -0.442. The monoisotopic (exact) mass is 330 g/mol. The van der Waals surface area contributed by atoms with E-state index in [1.807, 2.05) is 12.1 Å². The molecule has 0 bridgehead atoms. The van der Waals surface area contributed by atoms with Crippen molar-refractivity contribution >= 4 is 12.0 Å². The fraction of sp³-hybridized carbons (Fsp3) is 0.579. The third kappa shape index (κ3) is 4.08. The molecule has 5 heteroatoms. The van der Waals surface area contributed by atoms with Crippen molar-refractivity contribution in [3.8, 4) is 0 Å². The zero-order valence-electron chi connectivity index (χ0n) is 14.1. The van der Waals surface area contributed by atoms with E-state index < -0.39 is 5.97 Å². The van der Waals surface area contributed by atoms with Crippen molar-refractivity contribution in [1.82, 2.24) is 10.6 Å². The number of hydrogen-bond donors (Lipinski definition) is 3. The van der Waals surface area contributed by atoms with Crippen LogP contribution in [0.5, 0.6) is 0 Å². The normalized spacial score (nSPS) is 24.9. The van der Waals surface area contributed by atoms with Crippen LogP contribution in [0.3, 0.4) is 0 Å². The molecule has 0 heterocycles. The number of amides is 2. The molecule has 0 spiro atoms. The van der Waals surface area contributed by atoms with E-state index in [1.165, 1.54) is 11.1 Å². The smallest absolute Gasteiger partial charge is 0.315 e. The number of carbonyl (C=O) groups excluding carboxylic acids is 1. The minimum Gasteiger partial charge on any atom is -0.481 e. The van der Waals surface area contributed by atoms with Gasteiger partial charge in [0.25, 0.3) is 0 Å². The van der Waals surface area contributed by atoms with Gasteiger partial charge in [-0.2, -0.15) is 0 Å². The van der Waals surface area contributed by atoms with Crippen molar-refractivity contribution in [3.05, 3.63) is 35.4 Å². The Balaban J connectivity index is 1.55. The minimum atomic E-state index is -0.716. The molecule has 0 aromatic heterocycles. The second-order valence-electron chi connectivity index (χ2n) is 7.18. The summed E-state index contributed by atoms with van der Waals surface area (Å²) >= 11 is 0. The van der Waals surface area contributed by atoms with Crippen LogP contribution in [-0.2, 0) is 4.79 Å². The lowest BCUT2D eigenvalue weighted by atomic mass is 9.86. The maximum Gasteiger partial charge on any atom is 0.315 e. The lowest BCUT2D eigenvalue weighted by molar-refractivity contribution is -0.142. The Bertz CT molecular complexity index is 604. The van der Waals surface area contributed by atoms with Crippen LogP contribution in [0.2, 0.25) is 0 Å². The van der Waals surface area contributed by atoms with Crippen molar-refractivity contribution in [3.63, 3.8) is 0 Å². The third-order valence-electron chi connectivity index (χ3n) is 5.32. The maximum absolute atomic E-state index is 12.4. The summed E-state index contributed by atoms with van der Waals surface area (Å²) in [6.07, 6.45) is 5.08. The van der Waals surface area contributed by atoms with E-state index in [0.29, 0.717) is 18.8 Å². The number of aliphatic carboxylic acids is 1. The van der Waals surface area contributed by atoms with Crippen LogP contribution >= 0.6 is 0 Å². The highest BCUT2D eigenvalue weighted by molar-refractivity contribution is 5.75. The SMILES string of the molecule is Cc1ccccc1C(NC(=O)NC1CCC(C(=O)O)CC1)C1CC1. The van der Waals surface area contributed by atoms with Gasteiger partial charge in [0.2, 0.25) is 0 Å². The Morgan fingerprint density at radius 1 is 1.08 bits per heavy atom. The highest BCUT2D eigenvalue weighted by atomic mass is 16.4. The van der Waals surface area contributed by atoms with Crippen LogP contribution in [0, 0.1) is 18.8 Å². The van der Waals surface area contributed by atoms with Crippen molar-refractivity contribution in [2.24, 2.45) is 11.8 Å². The van der Waals surface area contributed by atoms with E-state index in [4.69, 9.17) is 5.11 Å². The topological polar surface area (TPSA) is 78.4 Å². The Labute approximate surface area is 142 Å². The summed E-state index contributed by atoms with van der Waals surface area (Å²) in [5.41, 5.74) is 2.40. The average Bonchev–Trinajstić information content (AvgIpc) is 3.39. The number of carboxylic acids is 1. The van der Waals surface area contributed by atoms with Crippen LogP contribution < -0.4 is 10.6 Å². The predicted molar refractivity (Wildman–Crippen MR) is 91.7 cm³/mol. The number of urea groups is 1. The molecular formula is C19H26N2O3. The summed E-state index contributed by atoms with van der Waals surface area (Å²) in [5, 5.41) is 15.2. The van der Waals surface area contributed by atoms with Crippen molar-refractivity contribution in [2.75, 3.05) is 0 Å². The van der Waals surface area contributed by atoms with Gasteiger partial charge in [-0.15, -0.1) is 0 Å². The molecule has 3 rings (SSSR count). The van der Waals surface area contributed by atoms with Crippen LogP contribution in [0.25, 0.3) is 0 Å². The average molecular weight is 330 g/mol. The van der Waals surface area contributed by atoms with Gasteiger partial charge in [-0.05, 0) is 62.5 Å². The minimum absolute atomic E-state index is 0.0709. The zero-order valence-corrected chi connectivity index (χ0v) is 14.1. The molecule has 130 valence electrons. The second-order valence-corrected chi connectivity index (χ2v) is 7.18. The number of hydrogen-bond acceptors (Lipinski definition) is 2. The Hall–Kier alpha value is -2.04. The number of carboxylic acid groups (broad SMARTS) is 1. The highest BCUT2D eigenvalue weighted by Crippen LogP contribution is 2.41. The quantitative estimate of drug-likeness (QED) is 0.774. The van der Waals surface area contributed by atoms with Gasteiger partial charge in [0.1, 0.15) is 0 Å². The van der Waals surface area contributed by atoms with Gasteiger partial charge in [0, 0.05) is 6.04 Å². The molecule has 0 saturated heterocycles. The van der Waals surface area contributed by atoms with Crippen molar-refractivity contribution in [2.45, 2.75) is 57.5 Å². The lowest BCUT2D eigenvalue weighted by Crippen LogP contribution is -2.45. The van der Waals surface area contributed by atoms with Crippen LogP contribution in [-0.4, -0.2) is 23.1 Å². The molecule has 1 atom stereocenters. The molecule has 0 aliphatic heterocycles. The summed E-state index contributed by atoms with van der Waals surface area (Å²) in [4.78, 5) is 23.4. The van der Waals surface area contributed by atoms with Gasteiger partial charge < -0.3 is 15.7 Å². The number of aryl methyl sites for hydroxylation is 1. The number of benzene rings is 1. The molecule has 1 unspecified atom stereocenters. The fourth-order valence-electron chi connectivity index (χ4n) is 3.67. The molecule has 2 aliphatic rings. The van der Waals surface area contributed by atoms with E-state index in [2.05, 4.69) is 29.7 Å². The largest absolute Gasteiger partial charge is 0.481 e. The molecule has 2 saturated carbocycles. The first-order valence-electron chi connectivity index (χ1n) is 8.90. The molecule has 1 aromatic carbocycles. The Kier molecular flexibility index (Phi) is 5.07. The molecule has 0 radical (unpaired) electrons.